The Kier molecular flexibility index (Phi) is 2.21. The van der Waals surface area contributed by atoms with Gasteiger partial charge in [-0.2, -0.15) is 4.98 Å². The topological polar surface area (TPSA) is 72.6 Å². The summed E-state index contributed by atoms with van der Waals surface area (Å²) in [4.78, 5) is 3.87. The van der Waals surface area contributed by atoms with Gasteiger partial charge in [0.25, 0.3) is 0 Å². The van der Waals surface area contributed by atoms with Gasteiger partial charge in [0, 0.05) is 12.6 Å². The number of hydrogen-bond acceptors (Lipinski definition) is 3. The summed E-state index contributed by atoms with van der Waals surface area (Å²) in [5, 5.41) is 7.48. The molecule has 0 atom stereocenters. The number of nitrogens with one attached hydrogen (secondary N) is 1. The number of anilines is 1. The van der Waals surface area contributed by atoms with E-state index in [4.69, 9.17) is 11.1 Å². The SMILES string of the molecule is CCn1c(=N)nc(N)n1C(C)C. The Morgan fingerprint density at radius 3 is 2.50 bits per heavy atom. The van der Waals surface area contributed by atoms with Crippen molar-refractivity contribution in [1.82, 2.24) is 14.3 Å². The molecule has 5 nitrogen and oxygen atoms in total. The molecule has 68 valence electrons. The first kappa shape index (κ1) is 8.83. The van der Waals surface area contributed by atoms with Gasteiger partial charge in [-0.3, -0.25) is 5.41 Å². The summed E-state index contributed by atoms with van der Waals surface area (Å²) in [6, 6.07) is 0.247. The lowest BCUT2D eigenvalue weighted by atomic mass is 10.4. The molecule has 0 amide bonds. The molecule has 0 aliphatic carbocycles. The van der Waals surface area contributed by atoms with Gasteiger partial charge >= 0.3 is 0 Å². The molecule has 0 radical (unpaired) electrons. The van der Waals surface area contributed by atoms with Crippen LogP contribution in [0.3, 0.4) is 0 Å². The third-order valence-corrected chi connectivity index (χ3v) is 1.75. The smallest absolute Gasteiger partial charge is 0.240 e. The van der Waals surface area contributed by atoms with E-state index in [0.717, 1.165) is 6.54 Å². The lowest BCUT2D eigenvalue weighted by Gasteiger charge is -2.13. The number of nitrogens with two attached hydrogens (primary N) is 1. The van der Waals surface area contributed by atoms with Crippen molar-refractivity contribution in [3.05, 3.63) is 5.62 Å². The van der Waals surface area contributed by atoms with Gasteiger partial charge in [0.1, 0.15) is 0 Å². The fourth-order valence-electron chi connectivity index (χ4n) is 1.29. The average molecular weight is 169 g/mol. The predicted octanol–water partition coefficient (Wildman–Crippen LogP) is 0.347. The molecule has 0 spiro atoms. The second kappa shape index (κ2) is 3.00. The molecule has 0 aromatic carbocycles. The molecule has 1 rings (SSSR count). The van der Waals surface area contributed by atoms with Gasteiger partial charge in [-0.05, 0) is 20.8 Å². The Balaban J connectivity index is 3.33. The van der Waals surface area contributed by atoms with Crippen LogP contribution in [0.1, 0.15) is 26.8 Å². The highest BCUT2D eigenvalue weighted by molar-refractivity contribution is 5.13. The van der Waals surface area contributed by atoms with Gasteiger partial charge in [-0.25, -0.2) is 9.36 Å². The highest BCUT2D eigenvalue weighted by Crippen LogP contribution is 2.06. The van der Waals surface area contributed by atoms with Crippen molar-refractivity contribution in [2.45, 2.75) is 33.4 Å². The molecule has 0 aliphatic heterocycles. The predicted molar refractivity (Wildman–Crippen MR) is 46.5 cm³/mol. The Hall–Kier alpha value is -1.26. The van der Waals surface area contributed by atoms with E-state index in [9.17, 15) is 0 Å². The van der Waals surface area contributed by atoms with Crippen molar-refractivity contribution in [2.24, 2.45) is 0 Å². The summed E-state index contributed by atoms with van der Waals surface area (Å²) in [6.45, 7) is 6.73. The van der Waals surface area contributed by atoms with Gasteiger partial charge in [-0.1, -0.05) is 0 Å². The van der Waals surface area contributed by atoms with Crippen molar-refractivity contribution in [1.29, 1.82) is 5.41 Å². The summed E-state index contributed by atoms with van der Waals surface area (Å²) < 4.78 is 3.57. The third-order valence-electron chi connectivity index (χ3n) is 1.75. The second-order valence-electron chi connectivity index (χ2n) is 2.95. The first-order chi connectivity index (χ1) is 5.57. The third kappa shape index (κ3) is 1.22. The fourth-order valence-corrected chi connectivity index (χ4v) is 1.29. The van der Waals surface area contributed by atoms with Crippen LogP contribution in [0.15, 0.2) is 0 Å². The Morgan fingerprint density at radius 2 is 2.17 bits per heavy atom. The lowest BCUT2D eigenvalue weighted by molar-refractivity contribution is 0.413. The van der Waals surface area contributed by atoms with Gasteiger partial charge < -0.3 is 5.73 Å². The Morgan fingerprint density at radius 1 is 1.58 bits per heavy atom. The van der Waals surface area contributed by atoms with Gasteiger partial charge in [-0.15, -0.1) is 0 Å². The summed E-state index contributed by atoms with van der Waals surface area (Å²) in [7, 11) is 0. The second-order valence-corrected chi connectivity index (χ2v) is 2.95. The highest BCUT2D eigenvalue weighted by atomic mass is 15.5. The molecule has 0 saturated heterocycles. The zero-order valence-electron chi connectivity index (χ0n) is 7.70. The molecule has 3 N–H and O–H groups in total. The minimum Gasteiger partial charge on any atom is -0.368 e. The number of hydrogen-bond donors (Lipinski definition) is 2. The maximum atomic E-state index is 7.48. The van der Waals surface area contributed by atoms with E-state index >= 15 is 0 Å². The molecule has 0 aliphatic rings. The van der Waals surface area contributed by atoms with Crippen LogP contribution in [-0.2, 0) is 6.54 Å². The van der Waals surface area contributed by atoms with Crippen LogP contribution in [0.5, 0.6) is 0 Å². The van der Waals surface area contributed by atoms with E-state index in [1.807, 2.05) is 25.5 Å². The van der Waals surface area contributed by atoms with E-state index in [0.29, 0.717) is 5.95 Å². The maximum Gasteiger partial charge on any atom is 0.240 e. The molecule has 12 heavy (non-hydrogen) atoms. The number of aromatic nitrogens is 3. The van der Waals surface area contributed by atoms with Crippen LogP contribution < -0.4 is 11.4 Å². The molecule has 5 heteroatoms. The molecular weight excluding hydrogens is 154 g/mol. The summed E-state index contributed by atoms with van der Waals surface area (Å²) in [5.74, 6) is 0.414. The maximum absolute atomic E-state index is 7.48. The number of nitrogen functional groups attached to an aromatic ring is 1. The normalized spacial score (nSPS) is 11.0. The zero-order valence-corrected chi connectivity index (χ0v) is 7.70. The van der Waals surface area contributed by atoms with E-state index < -0.39 is 0 Å². The molecule has 1 heterocycles. The van der Waals surface area contributed by atoms with Gasteiger partial charge in [0.2, 0.25) is 11.6 Å². The minimum absolute atomic E-state index is 0.226. The molecular formula is C7H15N5. The first-order valence-electron chi connectivity index (χ1n) is 4.07. The minimum atomic E-state index is 0.226. The van der Waals surface area contributed by atoms with Crippen LogP contribution in [0.4, 0.5) is 5.95 Å². The number of nitrogens with zero attached hydrogens (tertiary/aromatic N) is 3. The largest absolute Gasteiger partial charge is 0.368 e. The molecule has 1 aromatic rings. The zero-order chi connectivity index (χ0) is 9.30. The van der Waals surface area contributed by atoms with Crippen molar-refractivity contribution in [2.75, 3.05) is 5.73 Å². The van der Waals surface area contributed by atoms with Crippen molar-refractivity contribution < 1.29 is 0 Å². The summed E-state index contributed by atoms with van der Waals surface area (Å²) >= 11 is 0. The monoisotopic (exact) mass is 169 g/mol. The van der Waals surface area contributed by atoms with E-state index in [1.54, 1.807) is 4.68 Å². The molecule has 0 bridgehead atoms. The molecule has 0 fully saturated rings. The van der Waals surface area contributed by atoms with Crippen molar-refractivity contribution >= 4 is 5.95 Å². The molecule has 0 unspecified atom stereocenters. The van der Waals surface area contributed by atoms with Crippen molar-refractivity contribution in [3.8, 4) is 0 Å². The quantitative estimate of drug-likeness (QED) is 0.670. The van der Waals surface area contributed by atoms with E-state index in [2.05, 4.69) is 4.98 Å². The summed E-state index contributed by atoms with van der Waals surface area (Å²) in [6.07, 6.45) is 0. The molecule has 0 saturated carbocycles. The van der Waals surface area contributed by atoms with Gasteiger partial charge in [0.05, 0.1) is 0 Å². The van der Waals surface area contributed by atoms with E-state index in [-0.39, 0.29) is 11.7 Å². The first-order valence-corrected chi connectivity index (χ1v) is 4.07. The van der Waals surface area contributed by atoms with E-state index in [1.165, 1.54) is 0 Å². The van der Waals surface area contributed by atoms with Gasteiger partial charge in [0.15, 0.2) is 0 Å². The Labute approximate surface area is 71.3 Å². The number of rotatable bonds is 2. The molecule has 1 aromatic heterocycles. The fraction of sp³-hybridized carbons (Fsp3) is 0.714. The van der Waals surface area contributed by atoms with Crippen molar-refractivity contribution in [3.63, 3.8) is 0 Å². The standard InChI is InChI=1S/C7H15N5/c1-4-11-6(8)10-7(9)12(11)5(2)3/h5H,4H2,1-3H3,(H3,8,9,10). The van der Waals surface area contributed by atoms with Crippen LogP contribution >= 0.6 is 0 Å². The van der Waals surface area contributed by atoms with Crippen LogP contribution in [0.2, 0.25) is 0 Å². The summed E-state index contributed by atoms with van der Waals surface area (Å²) in [5.41, 5.74) is 5.86. The lowest BCUT2D eigenvalue weighted by Crippen LogP contribution is -2.24. The highest BCUT2D eigenvalue weighted by Gasteiger charge is 2.08. The average Bonchev–Trinajstić information content (AvgIpc) is 2.24. The van der Waals surface area contributed by atoms with Crippen LogP contribution in [0.25, 0.3) is 0 Å². The van der Waals surface area contributed by atoms with Crippen LogP contribution in [-0.4, -0.2) is 14.3 Å². The van der Waals surface area contributed by atoms with Crippen LogP contribution in [0, 0.1) is 5.41 Å². The Bertz CT molecular complexity index is 319.